The van der Waals surface area contributed by atoms with E-state index < -0.39 is 34.7 Å². The number of carbonyl (C=O) groups is 1. The maximum absolute atomic E-state index is 13.1. The molecule has 1 amide bonds. The lowest BCUT2D eigenvalue weighted by atomic mass is 10.0. The second kappa shape index (κ2) is 7.12. The minimum Gasteiger partial charge on any atom is -0.335 e. The Labute approximate surface area is 166 Å². The predicted molar refractivity (Wildman–Crippen MR) is 93.3 cm³/mol. The quantitative estimate of drug-likeness (QED) is 0.696. The molecule has 2 aliphatic rings. The highest BCUT2D eigenvalue weighted by Crippen LogP contribution is 2.34. The van der Waals surface area contributed by atoms with Gasteiger partial charge in [0.05, 0.1) is 35.9 Å². The molecule has 0 bridgehead atoms. The van der Waals surface area contributed by atoms with Crippen LogP contribution in [0.5, 0.6) is 0 Å². The van der Waals surface area contributed by atoms with Crippen molar-refractivity contribution in [2.45, 2.75) is 44.2 Å². The van der Waals surface area contributed by atoms with Gasteiger partial charge in [-0.1, -0.05) is 11.6 Å². The molecule has 2 aliphatic heterocycles. The second-order valence-corrected chi connectivity index (χ2v) is 7.54. The molecule has 0 N–H and O–H groups in total. The number of likely N-dealkylation sites (tertiary alicyclic amines) is 1. The Morgan fingerprint density at radius 2 is 2.03 bits per heavy atom. The molecule has 156 valence electrons. The molecule has 29 heavy (non-hydrogen) atoms. The van der Waals surface area contributed by atoms with Crippen LogP contribution in [0.15, 0.2) is 17.1 Å². The molecule has 2 aromatic rings. The van der Waals surface area contributed by atoms with E-state index in [-0.39, 0.29) is 31.2 Å². The molecule has 4 rings (SSSR count). The molecule has 1 fully saturated rings. The summed E-state index contributed by atoms with van der Waals surface area (Å²) in [7, 11) is 0. The maximum atomic E-state index is 13.1. The Kier molecular flexibility index (Phi) is 4.88. The Bertz CT molecular complexity index is 1010. The SMILES string of the molecule is O=C([C@@H]1CCCc2nn(Cc3cc(C(F)(F)F)c(Cl)cn3)c(=O)n21)N1CC(F)C1. The average Bonchev–Trinajstić information content (AvgIpc) is 2.95. The number of amides is 1. The Morgan fingerprint density at radius 3 is 2.69 bits per heavy atom. The van der Waals surface area contributed by atoms with Crippen LogP contribution in [-0.2, 0) is 23.9 Å². The lowest BCUT2D eigenvalue weighted by Crippen LogP contribution is -2.54. The van der Waals surface area contributed by atoms with E-state index in [1.165, 1.54) is 9.47 Å². The third-order valence-electron chi connectivity index (χ3n) is 5.09. The molecule has 1 saturated heterocycles. The summed E-state index contributed by atoms with van der Waals surface area (Å²) in [5.41, 5.74) is -1.70. The zero-order valence-electron chi connectivity index (χ0n) is 15.0. The zero-order chi connectivity index (χ0) is 20.9. The summed E-state index contributed by atoms with van der Waals surface area (Å²) in [5, 5.41) is 3.64. The summed E-state index contributed by atoms with van der Waals surface area (Å²) in [5.74, 6) is 0.0346. The number of nitrogens with zero attached hydrogens (tertiary/aromatic N) is 5. The maximum Gasteiger partial charge on any atom is 0.417 e. The van der Waals surface area contributed by atoms with E-state index in [1.54, 1.807) is 0 Å². The molecule has 4 heterocycles. The number of pyridine rings is 1. The van der Waals surface area contributed by atoms with Crippen molar-refractivity contribution in [3.05, 3.63) is 44.9 Å². The van der Waals surface area contributed by atoms with Gasteiger partial charge in [-0.05, 0) is 18.9 Å². The van der Waals surface area contributed by atoms with Crippen LogP contribution in [0.4, 0.5) is 17.6 Å². The molecule has 0 aromatic carbocycles. The van der Waals surface area contributed by atoms with Gasteiger partial charge in [-0.2, -0.15) is 18.3 Å². The van der Waals surface area contributed by atoms with E-state index in [0.717, 1.165) is 16.9 Å². The summed E-state index contributed by atoms with van der Waals surface area (Å²) in [6.45, 7) is -0.290. The van der Waals surface area contributed by atoms with E-state index in [2.05, 4.69) is 10.1 Å². The third-order valence-corrected chi connectivity index (χ3v) is 5.39. The Hall–Kier alpha value is -2.43. The summed E-state index contributed by atoms with van der Waals surface area (Å²) >= 11 is 5.57. The summed E-state index contributed by atoms with van der Waals surface area (Å²) in [4.78, 5) is 30.6. The highest BCUT2D eigenvalue weighted by molar-refractivity contribution is 6.31. The van der Waals surface area contributed by atoms with Crippen LogP contribution in [0.2, 0.25) is 5.02 Å². The molecule has 7 nitrogen and oxygen atoms in total. The van der Waals surface area contributed by atoms with Crippen LogP contribution >= 0.6 is 11.6 Å². The second-order valence-electron chi connectivity index (χ2n) is 7.13. The minimum atomic E-state index is -4.66. The molecule has 1 atom stereocenters. The molecule has 2 aromatic heterocycles. The lowest BCUT2D eigenvalue weighted by molar-refractivity contribution is -0.142. The number of aromatic nitrogens is 4. The van der Waals surface area contributed by atoms with Gasteiger partial charge in [0.1, 0.15) is 18.0 Å². The number of hydrogen-bond donors (Lipinski definition) is 0. The third kappa shape index (κ3) is 3.63. The van der Waals surface area contributed by atoms with Crippen LogP contribution in [0.25, 0.3) is 0 Å². The van der Waals surface area contributed by atoms with Crippen molar-refractivity contribution in [3.8, 4) is 0 Å². The predicted octanol–water partition coefficient (Wildman–Crippen LogP) is 2.22. The van der Waals surface area contributed by atoms with Crippen LogP contribution < -0.4 is 5.69 Å². The Balaban J connectivity index is 1.63. The standard InChI is InChI=1S/C17H16ClF4N5O2/c18-12-5-23-10(4-11(12)17(20,21)22)8-26-16(29)27-13(2-1-3-14(27)24-26)15(28)25-6-9(19)7-25/h4-5,9,13H,1-3,6-8H2/t13-/m0/s1. The van der Waals surface area contributed by atoms with Crippen LogP contribution in [0.1, 0.15) is 36.0 Å². The first-order valence-electron chi connectivity index (χ1n) is 8.98. The molecule has 0 radical (unpaired) electrons. The monoisotopic (exact) mass is 433 g/mol. The highest BCUT2D eigenvalue weighted by atomic mass is 35.5. The minimum absolute atomic E-state index is 0.00245. The van der Waals surface area contributed by atoms with Gasteiger partial charge in [0.25, 0.3) is 0 Å². The van der Waals surface area contributed by atoms with Gasteiger partial charge in [-0.15, -0.1) is 0 Å². The van der Waals surface area contributed by atoms with E-state index >= 15 is 0 Å². The van der Waals surface area contributed by atoms with Crippen molar-refractivity contribution in [1.82, 2.24) is 24.2 Å². The van der Waals surface area contributed by atoms with Gasteiger partial charge in [0.2, 0.25) is 5.91 Å². The first-order chi connectivity index (χ1) is 13.6. The van der Waals surface area contributed by atoms with Crippen molar-refractivity contribution in [2.24, 2.45) is 0 Å². The smallest absolute Gasteiger partial charge is 0.335 e. The number of rotatable bonds is 3. The van der Waals surface area contributed by atoms with Crippen molar-refractivity contribution < 1.29 is 22.4 Å². The van der Waals surface area contributed by atoms with Gasteiger partial charge >= 0.3 is 11.9 Å². The van der Waals surface area contributed by atoms with Crippen molar-refractivity contribution in [3.63, 3.8) is 0 Å². The molecule has 0 unspecified atom stereocenters. The fourth-order valence-corrected chi connectivity index (χ4v) is 3.83. The number of aryl methyl sites for hydroxylation is 1. The van der Waals surface area contributed by atoms with E-state index in [4.69, 9.17) is 11.6 Å². The number of carbonyl (C=O) groups excluding carboxylic acids is 1. The summed E-state index contributed by atoms with van der Waals surface area (Å²) < 4.78 is 54.5. The van der Waals surface area contributed by atoms with E-state index in [1.807, 2.05) is 0 Å². The fourth-order valence-electron chi connectivity index (χ4n) is 3.62. The molecule has 12 heteroatoms. The number of fused-ring (bicyclic) bond motifs is 1. The molecule has 0 aliphatic carbocycles. The van der Waals surface area contributed by atoms with E-state index in [9.17, 15) is 27.2 Å². The lowest BCUT2D eigenvalue weighted by Gasteiger charge is -2.37. The molecule has 0 saturated carbocycles. The van der Waals surface area contributed by atoms with Crippen molar-refractivity contribution in [2.75, 3.05) is 13.1 Å². The van der Waals surface area contributed by atoms with E-state index in [0.29, 0.717) is 25.1 Å². The Morgan fingerprint density at radius 1 is 1.31 bits per heavy atom. The van der Waals surface area contributed by atoms with Gasteiger partial charge in [-0.3, -0.25) is 14.3 Å². The normalized spacial score (nSPS) is 19.8. The number of alkyl halides is 4. The van der Waals surface area contributed by atoms with Crippen LogP contribution in [0.3, 0.4) is 0 Å². The van der Waals surface area contributed by atoms with Gasteiger partial charge < -0.3 is 4.90 Å². The van der Waals surface area contributed by atoms with Crippen LogP contribution in [-0.4, -0.2) is 49.4 Å². The first kappa shape index (κ1) is 19.9. The summed E-state index contributed by atoms with van der Waals surface area (Å²) in [6.07, 6.45) is -3.33. The van der Waals surface area contributed by atoms with Crippen molar-refractivity contribution in [1.29, 1.82) is 0 Å². The molecular formula is C17H16ClF4N5O2. The number of hydrogen-bond acceptors (Lipinski definition) is 4. The summed E-state index contributed by atoms with van der Waals surface area (Å²) in [6, 6.07) is -0.00610. The fraction of sp³-hybridized carbons (Fsp3) is 0.529. The molecule has 0 spiro atoms. The van der Waals surface area contributed by atoms with Crippen LogP contribution in [0, 0.1) is 0 Å². The average molecular weight is 434 g/mol. The van der Waals surface area contributed by atoms with Gasteiger partial charge in [-0.25, -0.2) is 13.9 Å². The van der Waals surface area contributed by atoms with Gasteiger partial charge in [0, 0.05) is 12.6 Å². The van der Waals surface area contributed by atoms with Crippen molar-refractivity contribution >= 4 is 17.5 Å². The first-order valence-corrected chi connectivity index (χ1v) is 9.35. The molecular weight excluding hydrogens is 418 g/mol. The van der Waals surface area contributed by atoms with Gasteiger partial charge in [0.15, 0.2) is 0 Å². The largest absolute Gasteiger partial charge is 0.417 e. The highest BCUT2D eigenvalue weighted by Gasteiger charge is 2.38. The zero-order valence-corrected chi connectivity index (χ0v) is 15.8. The number of halogens is 5. The topological polar surface area (TPSA) is 73.0 Å².